The van der Waals surface area contributed by atoms with Crippen molar-refractivity contribution >= 4 is 5.91 Å². The molecule has 0 radical (unpaired) electrons. The Morgan fingerprint density at radius 1 is 1.38 bits per heavy atom. The van der Waals surface area contributed by atoms with Crippen LogP contribution in [0.2, 0.25) is 0 Å². The van der Waals surface area contributed by atoms with E-state index in [9.17, 15) is 4.79 Å². The fraction of sp³-hybridized carbons (Fsp3) is 0.588. The molecule has 0 saturated carbocycles. The van der Waals surface area contributed by atoms with E-state index in [4.69, 9.17) is 4.74 Å². The van der Waals surface area contributed by atoms with Gasteiger partial charge in [-0.25, -0.2) is 0 Å². The molecular formula is C17H26N2O2. The fourth-order valence-electron chi connectivity index (χ4n) is 2.64. The Morgan fingerprint density at radius 3 is 2.86 bits per heavy atom. The van der Waals surface area contributed by atoms with Crippen LogP contribution in [-0.4, -0.2) is 43.2 Å². The van der Waals surface area contributed by atoms with Crippen molar-refractivity contribution in [2.24, 2.45) is 0 Å². The molecule has 1 aromatic carbocycles. The maximum Gasteiger partial charge on any atom is 0.251 e. The largest absolute Gasteiger partial charge is 0.379 e. The number of benzene rings is 1. The highest BCUT2D eigenvalue weighted by molar-refractivity contribution is 5.94. The van der Waals surface area contributed by atoms with E-state index in [0.29, 0.717) is 0 Å². The van der Waals surface area contributed by atoms with Crippen LogP contribution in [0, 0.1) is 0 Å². The topological polar surface area (TPSA) is 41.6 Å². The van der Waals surface area contributed by atoms with Gasteiger partial charge < -0.3 is 10.1 Å². The molecule has 1 atom stereocenters. The number of rotatable bonds is 6. The standard InChI is InChI=1S/C17H26N2O2/c1-3-5-14(2)18-17(20)16-7-4-6-15(12-16)13-19-8-10-21-11-9-19/h4,6-7,12,14H,3,5,8-11,13H2,1-2H3,(H,18,20)/t14-/m1/s1. The van der Waals surface area contributed by atoms with Crippen molar-refractivity contribution in [2.45, 2.75) is 39.3 Å². The van der Waals surface area contributed by atoms with Gasteiger partial charge in [0, 0.05) is 31.2 Å². The highest BCUT2D eigenvalue weighted by atomic mass is 16.5. The summed E-state index contributed by atoms with van der Waals surface area (Å²) in [4.78, 5) is 14.6. The predicted molar refractivity (Wildman–Crippen MR) is 84.4 cm³/mol. The number of carbonyl (C=O) groups excluding carboxylic acids is 1. The van der Waals surface area contributed by atoms with E-state index in [1.54, 1.807) is 0 Å². The summed E-state index contributed by atoms with van der Waals surface area (Å²) in [6.07, 6.45) is 2.09. The Balaban J connectivity index is 1.94. The molecule has 1 aromatic rings. The zero-order valence-corrected chi connectivity index (χ0v) is 13.1. The van der Waals surface area contributed by atoms with Crippen molar-refractivity contribution < 1.29 is 9.53 Å². The molecule has 0 bridgehead atoms. The first-order valence-electron chi connectivity index (χ1n) is 7.89. The van der Waals surface area contributed by atoms with Gasteiger partial charge in [0.15, 0.2) is 0 Å². The van der Waals surface area contributed by atoms with Crippen LogP contribution in [0.15, 0.2) is 24.3 Å². The molecule has 1 aliphatic heterocycles. The Bertz CT molecular complexity index is 456. The molecule has 1 aliphatic rings. The van der Waals surface area contributed by atoms with Crippen LogP contribution in [0.3, 0.4) is 0 Å². The maximum absolute atomic E-state index is 12.2. The van der Waals surface area contributed by atoms with Gasteiger partial charge in [-0.2, -0.15) is 0 Å². The molecule has 116 valence electrons. The normalized spacial score (nSPS) is 17.4. The summed E-state index contributed by atoms with van der Waals surface area (Å²) in [7, 11) is 0. The number of ether oxygens (including phenoxy) is 1. The van der Waals surface area contributed by atoms with Crippen LogP contribution in [0.25, 0.3) is 0 Å². The Kier molecular flexibility index (Phi) is 6.21. The Hall–Kier alpha value is -1.39. The van der Waals surface area contributed by atoms with Crippen LogP contribution < -0.4 is 5.32 Å². The van der Waals surface area contributed by atoms with Crippen molar-refractivity contribution in [3.05, 3.63) is 35.4 Å². The molecule has 1 amide bonds. The quantitative estimate of drug-likeness (QED) is 0.875. The second-order valence-corrected chi connectivity index (χ2v) is 5.75. The summed E-state index contributed by atoms with van der Waals surface area (Å²) in [6.45, 7) is 8.59. The van der Waals surface area contributed by atoms with Gasteiger partial charge in [0.2, 0.25) is 0 Å². The van der Waals surface area contributed by atoms with Gasteiger partial charge in [-0.3, -0.25) is 9.69 Å². The number of nitrogens with zero attached hydrogens (tertiary/aromatic N) is 1. The van der Waals surface area contributed by atoms with E-state index >= 15 is 0 Å². The molecule has 0 unspecified atom stereocenters. The third kappa shape index (κ3) is 5.14. The van der Waals surface area contributed by atoms with Crippen LogP contribution in [0.1, 0.15) is 42.6 Å². The number of hydrogen-bond donors (Lipinski definition) is 1. The Labute approximate surface area is 127 Å². The molecule has 2 rings (SSSR count). The van der Waals surface area contributed by atoms with Gasteiger partial charge in [0.1, 0.15) is 0 Å². The van der Waals surface area contributed by atoms with E-state index in [0.717, 1.165) is 51.3 Å². The van der Waals surface area contributed by atoms with Gasteiger partial charge >= 0.3 is 0 Å². The monoisotopic (exact) mass is 290 g/mol. The van der Waals surface area contributed by atoms with Crippen LogP contribution in [0.5, 0.6) is 0 Å². The van der Waals surface area contributed by atoms with Crippen LogP contribution in [0.4, 0.5) is 0 Å². The molecule has 21 heavy (non-hydrogen) atoms. The summed E-state index contributed by atoms with van der Waals surface area (Å²) in [5.41, 5.74) is 1.94. The van der Waals surface area contributed by atoms with Crippen molar-refractivity contribution in [3.8, 4) is 0 Å². The number of amides is 1. The molecule has 1 heterocycles. The third-order valence-corrected chi connectivity index (χ3v) is 3.80. The first kappa shape index (κ1) is 16.0. The van der Waals surface area contributed by atoms with Gasteiger partial charge in [-0.05, 0) is 31.0 Å². The molecule has 1 fully saturated rings. The summed E-state index contributed by atoms with van der Waals surface area (Å²) < 4.78 is 5.36. The first-order chi connectivity index (χ1) is 10.2. The lowest BCUT2D eigenvalue weighted by molar-refractivity contribution is 0.0342. The second-order valence-electron chi connectivity index (χ2n) is 5.75. The van der Waals surface area contributed by atoms with E-state index in [-0.39, 0.29) is 11.9 Å². The maximum atomic E-state index is 12.2. The second kappa shape index (κ2) is 8.15. The highest BCUT2D eigenvalue weighted by Crippen LogP contribution is 2.10. The van der Waals surface area contributed by atoms with E-state index in [1.165, 1.54) is 5.56 Å². The minimum atomic E-state index is 0.0276. The zero-order chi connectivity index (χ0) is 15.1. The molecule has 4 heteroatoms. The van der Waals surface area contributed by atoms with Crippen molar-refractivity contribution in [1.82, 2.24) is 10.2 Å². The van der Waals surface area contributed by atoms with Crippen LogP contribution >= 0.6 is 0 Å². The van der Waals surface area contributed by atoms with Gasteiger partial charge in [0.05, 0.1) is 13.2 Å². The minimum Gasteiger partial charge on any atom is -0.379 e. The predicted octanol–water partition coefficient (Wildman–Crippen LogP) is 2.44. The SMILES string of the molecule is CCC[C@@H](C)NC(=O)c1cccc(CN2CCOCC2)c1. The lowest BCUT2D eigenvalue weighted by Crippen LogP contribution is -2.35. The van der Waals surface area contributed by atoms with Gasteiger partial charge in [-0.15, -0.1) is 0 Å². The van der Waals surface area contributed by atoms with E-state index in [1.807, 2.05) is 18.2 Å². The minimum absolute atomic E-state index is 0.0276. The fourth-order valence-corrected chi connectivity index (χ4v) is 2.64. The van der Waals surface area contributed by atoms with Crippen molar-refractivity contribution in [3.63, 3.8) is 0 Å². The Morgan fingerprint density at radius 2 is 2.14 bits per heavy atom. The third-order valence-electron chi connectivity index (χ3n) is 3.80. The summed E-state index contributed by atoms with van der Waals surface area (Å²) in [5.74, 6) is 0.0276. The zero-order valence-electron chi connectivity index (χ0n) is 13.1. The number of carbonyl (C=O) groups is 1. The van der Waals surface area contributed by atoms with Gasteiger partial charge in [-0.1, -0.05) is 25.5 Å². The molecule has 0 aliphatic carbocycles. The van der Waals surface area contributed by atoms with Gasteiger partial charge in [0.25, 0.3) is 5.91 Å². The first-order valence-corrected chi connectivity index (χ1v) is 7.89. The summed E-state index contributed by atoms with van der Waals surface area (Å²) in [6, 6.07) is 8.17. The lowest BCUT2D eigenvalue weighted by atomic mass is 10.1. The summed E-state index contributed by atoms with van der Waals surface area (Å²) in [5, 5.41) is 3.06. The molecule has 0 aromatic heterocycles. The van der Waals surface area contributed by atoms with E-state index in [2.05, 4.69) is 30.1 Å². The average Bonchev–Trinajstić information content (AvgIpc) is 2.49. The lowest BCUT2D eigenvalue weighted by Gasteiger charge is -2.26. The summed E-state index contributed by atoms with van der Waals surface area (Å²) >= 11 is 0. The molecule has 1 saturated heterocycles. The van der Waals surface area contributed by atoms with Crippen LogP contribution in [-0.2, 0) is 11.3 Å². The van der Waals surface area contributed by atoms with Crippen molar-refractivity contribution in [1.29, 1.82) is 0 Å². The van der Waals surface area contributed by atoms with E-state index < -0.39 is 0 Å². The highest BCUT2D eigenvalue weighted by Gasteiger charge is 2.13. The average molecular weight is 290 g/mol. The molecule has 4 nitrogen and oxygen atoms in total. The molecule has 0 spiro atoms. The smallest absolute Gasteiger partial charge is 0.251 e. The number of nitrogens with one attached hydrogen (secondary N) is 1. The number of morpholine rings is 1. The molecular weight excluding hydrogens is 264 g/mol. The van der Waals surface area contributed by atoms with Crippen molar-refractivity contribution in [2.75, 3.05) is 26.3 Å². The number of hydrogen-bond acceptors (Lipinski definition) is 3. The molecule has 1 N–H and O–H groups in total.